The number of carbonyl (C=O) groups excluding carboxylic acids is 1. The lowest BCUT2D eigenvalue weighted by molar-refractivity contribution is -0.137. The Morgan fingerprint density at radius 3 is 2.37 bits per heavy atom. The molecule has 30 heavy (non-hydrogen) atoms. The number of amides is 1. The van der Waals surface area contributed by atoms with E-state index in [1.54, 1.807) is 4.72 Å². The smallest absolute Gasteiger partial charge is 0.305 e. The molecule has 0 saturated heterocycles. The standard InChI is InChI=1S/C18H12Cl2F3N3O3S/c1-10-5-11(18(21,22)23)7-12(6-10)26-8-15(24-9-26)17(27)25-30(28,29)16-13(19)3-2-4-14(16)20/h2-9H,1H3,(H,25,27). The summed E-state index contributed by atoms with van der Waals surface area (Å²) < 4.78 is 67.0. The van der Waals surface area contributed by atoms with Gasteiger partial charge in [0.1, 0.15) is 16.9 Å². The molecule has 1 aromatic heterocycles. The minimum Gasteiger partial charge on any atom is -0.305 e. The lowest BCUT2D eigenvalue weighted by Crippen LogP contribution is -2.31. The molecule has 12 heteroatoms. The van der Waals surface area contributed by atoms with Crippen molar-refractivity contribution in [3.63, 3.8) is 0 Å². The fourth-order valence-corrected chi connectivity index (χ4v) is 4.73. The zero-order chi connectivity index (χ0) is 22.3. The molecule has 0 aliphatic rings. The Morgan fingerprint density at radius 1 is 1.13 bits per heavy atom. The molecular formula is C18H12Cl2F3N3O3S. The van der Waals surface area contributed by atoms with E-state index < -0.39 is 32.6 Å². The van der Waals surface area contributed by atoms with Crippen molar-refractivity contribution in [2.45, 2.75) is 18.0 Å². The summed E-state index contributed by atoms with van der Waals surface area (Å²) in [4.78, 5) is 15.7. The highest BCUT2D eigenvalue weighted by Crippen LogP contribution is 2.32. The molecule has 0 bridgehead atoms. The highest BCUT2D eigenvalue weighted by molar-refractivity contribution is 7.90. The van der Waals surface area contributed by atoms with Crippen LogP contribution in [-0.4, -0.2) is 23.9 Å². The minimum absolute atomic E-state index is 0.103. The summed E-state index contributed by atoms with van der Waals surface area (Å²) in [5.74, 6) is -1.10. The van der Waals surface area contributed by atoms with Crippen LogP contribution >= 0.6 is 23.2 Å². The molecule has 3 rings (SSSR count). The molecule has 0 saturated carbocycles. The van der Waals surface area contributed by atoms with Crippen LogP contribution in [0.1, 0.15) is 21.6 Å². The summed E-state index contributed by atoms with van der Waals surface area (Å²) in [5, 5.41) is -0.374. The number of alkyl halides is 3. The Kier molecular flexibility index (Phi) is 5.85. The van der Waals surface area contributed by atoms with Crippen LogP contribution in [0.25, 0.3) is 5.69 Å². The molecule has 0 spiro atoms. The van der Waals surface area contributed by atoms with Crippen molar-refractivity contribution in [1.82, 2.24) is 14.3 Å². The first-order valence-corrected chi connectivity index (χ1v) is 10.4. The second kappa shape index (κ2) is 7.93. The van der Waals surface area contributed by atoms with Gasteiger partial charge in [0.2, 0.25) is 0 Å². The predicted molar refractivity (Wildman–Crippen MR) is 104 cm³/mol. The first-order chi connectivity index (χ1) is 13.9. The zero-order valence-electron chi connectivity index (χ0n) is 15.0. The van der Waals surface area contributed by atoms with E-state index in [4.69, 9.17) is 23.2 Å². The Balaban J connectivity index is 1.90. The topological polar surface area (TPSA) is 81.1 Å². The van der Waals surface area contributed by atoms with Gasteiger partial charge in [-0.1, -0.05) is 29.3 Å². The molecule has 1 amide bonds. The molecule has 1 N–H and O–H groups in total. The van der Waals surface area contributed by atoms with E-state index in [1.807, 2.05) is 0 Å². The molecule has 0 aliphatic heterocycles. The molecule has 2 aromatic carbocycles. The van der Waals surface area contributed by atoms with Gasteiger partial charge in [0.05, 0.1) is 15.6 Å². The number of hydrogen-bond donors (Lipinski definition) is 1. The Hall–Kier alpha value is -2.56. The van der Waals surface area contributed by atoms with E-state index in [1.165, 1.54) is 35.8 Å². The van der Waals surface area contributed by atoms with Crippen LogP contribution in [0.4, 0.5) is 13.2 Å². The van der Waals surface area contributed by atoms with Crippen molar-refractivity contribution in [2.24, 2.45) is 0 Å². The number of aromatic nitrogens is 2. The molecule has 3 aromatic rings. The number of nitrogens with zero attached hydrogens (tertiary/aromatic N) is 2. The number of hydrogen-bond acceptors (Lipinski definition) is 4. The van der Waals surface area contributed by atoms with Gasteiger partial charge in [0.25, 0.3) is 15.9 Å². The Labute approximate surface area is 179 Å². The normalized spacial score (nSPS) is 12.1. The third kappa shape index (κ3) is 4.61. The molecule has 0 unspecified atom stereocenters. The number of sulfonamides is 1. The number of halogens is 5. The number of imidazole rings is 1. The number of rotatable bonds is 4. The second-order valence-corrected chi connectivity index (χ2v) is 8.64. The average Bonchev–Trinajstić information content (AvgIpc) is 3.10. The lowest BCUT2D eigenvalue weighted by atomic mass is 10.1. The summed E-state index contributed by atoms with van der Waals surface area (Å²) in [6, 6.07) is 7.34. The summed E-state index contributed by atoms with van der Waals surface area (Å²) >= 11 is 11.7. The van der Waals surface area contributed by atoms with Crippen molar-refractivity contribution >= 4 is 39.1 Å². The van der Waals surface area contributed by atoms with Crippen molar-refractivity contribution in [2.75, 3.05) is 0 Å². The zero-order valence-corrected chi connectivity index (χ0v) is 17.4. The van der Waals surface area contributed by atoms with Crippen molar-refractivity contribution in [3.05, 3.63) is 75.8 Å². The number of carbonyl (C=O) groups is 1. The van der Waals surface area contributed by atoms with Gasteiger partial charge in [0, 0.05) is 11.9 Å². The third-order valence-electron chi connectivity index (χ3n) is 3.92. The second-order valence-electron chi connectivity index (χ2n) is 6.21. The SMILES string of the molecule is Cc1cc(-n2cnc(C(=O)NS(=O)(=O)c3c(Cl)cccc3Cl)c2)cc(C(F)(F)F)c1. The fourth-order valence-electron chi connectivity index (χ4n) is 2.62. The molecule has 1 heterocycles. The molecule has 0 atom stereocenters. The van der Waals surface area contributed by atoms with Crippen LogP contribution < -0.4 is 4.72 Å². The summed E-state index contributed by atoms with van der Waals surface area (Å²) in [6.45, 7) is 1.49. The maximum atomic E-state index is 13.0. The average molecular weight is 478 g/mol. The number of benzene rings is 2. The first kappa shape index (κ1) is 22.1. The van der Waals surface area contributed by atoms with Gasteiger partial charge in [-0.25, -0.2) is 18.1 Å². The third-order valence-corrected chi connectivity index (χ3v) is 6.20. The van der Waals surface area contributed by atoms with E-state index in [-0.39, 0.29) is 21.4 Å². The molecule has 0 fully saturated rings. The monoisotopic (exact) mass is 477 g/mol. The first-order valence-electron chi connectivity index (χ1n) is 8.13. The maximum absolute atomic E-state index is 13.0. The molecule has 158 valence electrons. The summed E-state index contributed by atoms with van der Waals surface area (Å²) in [6.07, 6.45) is -2.35. The number of nitrogens with one attached hydrogen (secondary N) is 1. The Bertz CT molecular complexity index is 1220. The van der Waals surface area contributed by atoms with Crippen molar-refractivity contribution in [3.8, 4) is 5.69 Å². The van der Waals surface area contributed by atoms with Gasteiger partial charge in [0.15, 0.2) is 0 Å². The largest absolute Gasteiger partial charge is 0.416 e. The van der Waals surface area contributed by atoms with Crippen LogP contribution in [-0.2, 0) is 16.2 Å². The van der Waals surface area contributed by atoms with E-state index in [2.05, 4.69) is 4.98 Å². The molecular weight excluding hydrogens is 466 g/mol. The van der Waals surface area contributed by atoms with Gasteiger partial charge in [-0.15, -0.1) is 0 Å². The van der Waals surface area contributed by atoms with Crippen LogP contribution in [0.5, 0.6) is 0 Å². The molecule has 6 nitrogen and oxygen atoms in total. The van der Waals surface area contributed by atoms with Crippen LogP contribution in [0, 0.1) is 6.92 Å². The van der Waals surface area contributed by atoms with Gasteiger partial charge >= 0.3 is 6.18 Å². The summed E-state index contributed by atoms with van der Waals surface area (Å²) in [5.41, 5.74) is -0.758. The van der Waals surface area contributed by atoms with E-state index in [0.29, 0.717) is 5.56 Å². The van der Waals surface area contributed by atoms with E-state index in [0.717, 1.165) is 24.7 Å². The van der Waals surface area contributed by atoms with Crippen molar-refractivity contribution < 1.29 is 26.4 Å². The van der Waals surface area contributed by atoms with Gasteiger partial charge in [-0.2, -0.15) is 13.2 Å². The van der Waals surface area contributed by atoms with Gasteiger partial charge in [-0.05, 0) is 42.8 Å². The van der Waals surface area contributed by atoms with Crippen LogP contribution in [0.15, 0.2) is 53.8 Å². The van der Waals surface area contributed by atoms with Crippen molar-refractivity contribution in [1.29, 1.82) is 0 Å². The minimum atomic E-state index is -4.55. The summed E-state index contributed by atoms with van der Waals surface area (Å²) in [7, 11) is -4.42. The Morgan fingerprint density at radius 2 is 1.77 bits per heavy atom. The predicted octanol–water partition coefficient (Wildman–Crippen LogP) is 4.63. The van der Waals surface area contributed by atoms with Gasteiger partial charge in [-0.3, -0.25) is 4.79 Å². The number of aryl methyl sites for hydroxylation is 1. The molecule has 0 aliphatic carbocycles. The lowest BCUT2D eigenvalue weighted by Gasteiger charge is -2.11. The van der Waals surface area contributed by atoms with Gasteiger partial charge < -0.3 is 4.57 Å². The van der Waals surface area contributed by atoms with Crippen LogP contribution in [0.2, 0.25) is 10.0 Å². The fraction of sp³-hybridized carbons (Fsp3) is 0.111. The highest BCUT2D eigenvalue weighted by atomic mass is 35.5. The van der Waals surface area contributed by atoms with E-state index >= 15 is 0 Å². The van der Waals surface area contributed by atoms with Crippen LogP contribution in [0.3, 0.4) is 0 Å². The maximum Gasteiger partial charge on any atom is 0.416 e. The molecule has 0 radical (unpaired) electrons. The van der Waals surface area contributed by atoms with E-state index in [9.17, 15) is 26.4 Å². The quantitative estimate of drug-likeness (QED) is 0.594. The highest BCUT2D eigenvalue weighted by Gasteiger charge is 2.31.